The summed E-state index contributed by atoms with van der Waals surface area (Å²) in [6.45, 7) is 0.512. The summed E-state index contributed by atoms with van der Waals surface area (Å²) >= 11 is 5.88. The summed E-state index contributed by atoms with van der Waals surface area (Å²) in [6.07, 6.45) is 1.66. The number of pyridine rings is 1. The molecule has 0 spiro atoms. The highest BCUT2D eigenvalue weighted by Crippen LogP contribution is 2.21. The fraction of sp³-hybridized carbons (Fsp3) is 0.0769. The van der Waals surface area contributed by atoms with Gasteiger partial charge in [-0.1, -0.05) is 41.0 Å². The first-order valence-electron chi connectivity index (χ1n) is 5.25. The number of halogens is 1. The van der Waals surface area contributed by atoms with Gasteiger partial charge in [0.1, 0.15) is 17.5 Å². The third kappa shape index (κ3) is 1.89. The van der Waals surface area contributed by atoms with E-state index >= 15 is 0 Å². The minimum absolute atomic E-state index is 0.452. The summed E-state index contributed by atoms with van der Waals surface area (Å²) in [5, 5.41) is 4.56. The molecule has 2 aromatic rings. The molecule has 3 rings (SSSR count). The molecule has 0 amide bonds. The summed E-state index contributed by atoms with van der Waals surface area (Å²) in [4.78, 5) is 9.19. The maximum atomic E-state index is 5.88. The van der Waals surface area contributed by atoms with Crippen LogP contribution >= 0.6 is 11.6 Å². The first kappa shape index (κ1) is 10.3. The van der Waals surface area contributed by atoms with Crippen molar-refractivity contribution < 1.29 is 4.84 Å². The zero-order valence-electron chi connectivity index (χ0n) is 8.93. The Balaban J connectivity index is 2.13. The van der Waals surface area contributed by atoms with Gasteiger partial charge in [-0.3, -0.25) is 0 Å². The van der Waals surface area contributed by atoms with E-state index in [1.807, 2.05) is 30.3 Å². The molecule has 2 heterocycles. The number of aromatic nitrogens is 1. The molecule has 84 valence electrons. The molecule has 3 nitrogen and oxygen atoms in total. The van der Waals surface area contributed by atoms with Crippen LogP contribution < -0.4 is 0 Å². The van der Waals surface area contributed by atoms with Crippen LogP contribution in [0.4, 0.5) is 0 Å². The monoisotopic (exact) mass is 244 g/mol. The lowest BCUT2D eigenvalue weighted by atomic mass is 9.98. The van der Waals surface area contributed by atoms with E-state index in [1.165, 1.54) is 0 Å². The van der Waals surface area contributed by atoms with Gasteiger partial charge in [0.25, 0.3) is 0 Å². The van der Waals surface area contributed by atoms with Gasteiger partial charge in [-0.2, -0.15) is 0 Å². The zero-order valence-corrected chi connectivity index (χ0v) is 9.69. The van der Waals surface area contributed by atoms with Gasteiger partial charge in [-0.05, 0) is 12.1 Å². The lowest BCUT2D eigenvalue weighted by Crippen LogP contribution is -2.12. The summed E-state index contributed by atoms with van der Waals surface area (Å²) < 4.78 is 0. The highest BCUT2D eigenvalue weighted by atomic mass is 35.5. The van der Waals surface area contributed by atoms with E-state index in [0.717, 1.165) is 22.4 Å². The van der Waals surface area contributed by atoms with Gasteiger partial charge in [-0.15, -0.1) is 0 Å². The number of benzene rings is 1. The Morgan fingerprint density at radius 3 is 2.94 bits per heavy atom. The summed E-state index contributed by atoms with van der Waals surface area (Å²) in [5.74, 6) is 0. The minimum atomic E-state index is 0.452. The number of oxime groups is 1. The van der Waals surface area contributed by atoms with Crippen molar-refractivity contribution in [3.8, 4) is 0 Å². The van der Waals surface area contributed by atoms with E-state index in [4.69, 9.17) is 16.4 Å². The van der Waals surface area contributed by atoms with Crippen molar-refractivity contribution in [3.05, 3.63) is 64.4 Å². The highest BCUT2D eigenvalue weighted by Gasteiger charge is 2.16. The maximum absolute atomic E-state index is 5.88. The van der Waals surface area contributed by atoms with Crippen LogP contribution in [0, 0.1) is 0 Å². The Kier molecular flexibility index (Phi) is 2.53. The number of hydrogen-bond acceptors (Lipinski definition) is 3. The Morgan fingerprint density at radius 2 is 2.06 bits per heavy atom. The third-order valence-electron chi connectivity index (χ3n) is 2.65. The Hall–Kier alpha value is -1.87. The van der Waals surface area contributed by atoms with Crippen LogP contribution in [0.3, 0.4) is 0 Å². The van der Waals surface area contributed by atoms with E-state index in [0.29, 0.717) is 11.8 Å². The van der Waals surface area contributed by atoms with E-state index in [2.05, 4.69) is 10.1 Å². The van der Waals surface area contributed by atoms with Gasteiger partial charge in [0.15, 0.2) is 0 Å². The number of hydrogen-bond donors (Lipinski definition) is 0. The molecule has 17 heavy (non-hydrogen) atoms. The molecule has 0 aliphatic carbocycles. The van der Waals surface area contributed by atoms with Crippen molar-refractivity contribution >= 4 is 17.3 Å². The quantitative estimate of drug-likeness (QED) is 0.723. The van der Waals surface area contributed by atoms with Crippen LogP contribution in [0.2, 0.25) is 5.15 Å². The van der Waals surface area contributed by atoms with Gasteiger partial charge in [0, 0.05) is 22.9 Å². The molecule has 0 unspecified atom stereocenters. The molecule has 0 saturated heterocycles. The van der Waals surface area contributed by atoms with Gasteiger partial charge >= 0.3 is 0 Å². The molecule has 1 aromatic heterocycles. The lowest BCUT2D eigenvalue weighted by Gasteiger charge is -2.16. The standard InChI is InChI=1S/C13H9ClN2O/c14-12-7-9(5-6-15-12)13-11-4-2-1-3-10(11)8-17-16-13/h1-7H,8H2. The molecule has 1 aromatic carbocycles. The fourth-order valence-electron chi connectivity index (χ4n) is 1.85. The summed E-state index contributed by atoms with van der Waals surface area (Å²) in [5.41, 5.74) is 3.93. The predicted molar refractivity (Wildman–Crippen MR) is 66.1 cm³/mol. The predicted octanol–water partition coefficient (Wildman–Crippen LogP) is 3.02. The molecule has 0 N–H and O–H groups in total. The third-order valence-corrected chi connectivity index (χ3v) is 2.86. The van der Waals surface area contributed by atoms with Crippen molar-refractivity contribution in [2.75, 3.05) is 0 Å². The van der Waals surface area contributed by atoms with Crippen molar-refractivity contribution in [1.29, 1.82) is 0 Å². The van der Waals surface area contributed by atoms with Crippen LogP contribution in [0.15, 0.2) is 47.8 Å². The van der Waals surface area contributed by atoms with E-state index in [9.17, 15) is 0 Å². The van der Waals surface area contributed by atoms with Crippen LogP contribution in [0.5, 0.6) is 0 Å². The lowest BCUT2D eigenvalue weighted by molar-refractivity contribution is 0.126. The van der Waals surface area contributed by atoms with Crippen molar-refractivity contribution in [3.63, 3.8) is 0 Å². The van der Waals surface area contributed by atoms with Crippen LogP contribution in [-0.2, 0) is 11.4 Å². The minimum Gasteiger partial charge on any atom is -0.390 e. The van der Waals surface area contributed by atoms with E-state index in [-0.39, 0.29) is 0 Å². The SMILES string of the molecule is Clc1cc(C2=NOCc3ccccc32)ccn1. The molecular weight excluding hydrogens is 236 g/mol. The molecular formula is C13H9ClN2O. The van der Waals surface area contributed by atoms with Crippen LogP contribution in [0.25, 0.3) is 0 Å². The molecule has 0 fully saturated rings. The summed E-state index contributed by atoms with van der Waals surface area (Å²) in [6, 6.07) is 11.7. The zero-order chi connectivity index (χ0) is 11.7. The molecule has 0 saturated carbocycles. The fourth-order valence-corrected chi connectivity index (χ4v) is 2.02. The van der Waals surface area contributed by atoms with Gasteiger partial charge in [0.05, 0.1) is 0 Å². The number of rotatable bonds is 1. The smallest absolute Gasteiger partial charge is 0.143 e. The molecule has 4 heteroatoms. The van der Waals surface area contributed by atoms with Crippen LogP contribution in [0.1, 0.15) is 16.7 Å². The van der Waals surface area contributed by atoms with Crippen LogP contribution in [-0.4, -0.2) is 10.7 Å². The molecule has 0 radical (unpaired) electrons. The molecule has 1 aliphatic heterocycles. The Morgan fingerprint density at radius 1 is 1.18 bits per heavy atom. The average Bonchev–Trinajstić information content (AvgIpc) is 2.38. The molecule has 1 aliphatic rings. The molecule has 0 bridgehead atoms. The molecule has 0 atom stereocenters. The van der Waals surface area contributed by atoms with Crippen molar-refractivity contribution in [2.24, 2.45) is 5.16 Å². The maximum Gasteiger partial charge on any atom is 0.143 e. The van der Waals surface area contributed by atoms with Crippen molar-refractivity contribution in [1.82, 2.24) is 4.98 Å². The van der Waals surface area contributed by atoms with Crippen molar-refractivity contribution in [2.45, 2.75) is 6.61 Å². The average molecular weight is 245 g/mol. The van der Waals surface area contributed by atoms with E-state index < -0.39 is 0 Å². The second-order valence-electron chi connectivity index (χ2n) is 3.74. The summed E-state index contributed by atoms with van der Waals surface area (Å²) in [7, 11) is 0. The first-order chi connectivity index (χ1) is 8.34. The first-order valence-corrected chi connectivity index (χ1v) is 5.62. The second kappa shape index (κ2) is 4.18. The number of nitrogens with zero attached hydrogens (tertiary/aromatic N) is 2. The number of fused-ring (bicyclic) bond motifs is 1. The normalized spacial score (nSPS) is 13.6. The second-order valence-corrected chi connectivity index (χ2v) is 4.12. The Labute approximate surface area is 104 Å². The highest BCUT2D eigenvalue weighted by molar-refractivity contribution is 6.30. The largest absolute Gasteiger partial charge is 0.390 e. The topological polar surface area (TPSA) is 34.5 Å². The van der Waals surface area contributed by atoms with E-state index in [1.54, 1.807) is 12.3 Å². The van der Waals surface area contributed by atoms with Gasteiger partial charge < -0.3 is 4.84 Å². The Bertz CT molecular complexity index is 595. The van der Waals surface area contributed by atoms with Gasteiger partial charge in [0.2, 0.25) is 0 Å². The van der Waals surface area contributed by atoms with Gasteiger partial charge in [-0.25, -0.2) is 4.98 Å².